The lowest BCUT2D eigenvalue weighted by Gasteiger charge is -2.41. The number of carboxylic acid groups (broad SMARTS) is 1. The second kappa shape index (κ2) is 8.51. The second-order valence-corrected chi connectivity index (χ2v) is 5.33. The summed E-state index contributed by atoms with van der Waals surface area (Å²) >= 11 is 0. The molecule has 0 saturated heterocycles. The molecule has 0 bridgehead atoms. The fraction of sp³-hybridized carbons (Fsp3) is 0.929. The van der Waals surface area contributed by atoms with Gasteiger partial charge in [-0.25, -0.2) is 0 Å². The van der Waals surface area contributed by atoms with Gasteiger partial charge in [0, 0.05) is 32.8 Å². The summed E-state index contributed by atoms with van der Waals surface area (Å²) in [4.78, 5) is 13.7. The Balaban J connectivity index is 2.76. The van der Waals surface area contributed by atoms with Crippen LogP contribution in [0.5, 0.6) is 0 Å². The van der Waals surface area contributed by atoms with Gasteiger partial charge in [0.2, 0.25) is 0 Å². The third-order valence-corrected chi connectivity index (χ3v) is 4.00. The van der Waals surface area contributed by atoms with Crippen LogP contribution in [0.15, 0.2) is 0 Å². The number of hydrogen-bond acceptors (Lipinski definition) is 4. The minimum atomic E-state index is -0.670. The Kier molecular flexibility index (Phi) is 7.34. The van der Waals surface area contributed by atoms with Crippen molar-refractivity contribution in [2.75, 3.05) is 34.0 Å². The summed E-state index contributed by atoms with van der Waals surface area (Å²) in [6, 6.07) is 0.316. The van der Waals surface area contributed by atoms with Gasteiger partial charge in [-0.3, -0.25) is 9.69 Å². The normalized spacial score (nSPS) is 25.5. The number of aliphatic carboxylic acids is 1. The monoisotopic (exact) mass is 273 g/mol. The molecule has 1 aliphatic rings. The molecular weight excluding hydrogens is 246 g/mol. The first-order chi connectivity index (χ1) is 9.11. The molecule has 0 aromatic heterocycles. The highest BCUT2D eigenvalue weighted by Gasteiger charge is 2.36. The van der Waals surface area contributed by atoms with Gasteiger partial charge in [0.25, 0.3) is 0 Å². The van der Waals surface area contributed by atoms with Gasteiger partial charge < -0.3 is 14.6 Å². The highest BCUT2D eigenvalue weighted by Crippen LogP contribution is 2.30. The maximum Gasteiger partial charge on any atom is 0.308 e. The lowest BCUT2D eigenvalue weighted by molar-refractivity contribution is -0.146. The van der Waals surface area contributed by atoms with Crippen LogP contribution in [0.3, 0.4) is 0 Å². The first-order valence-electron chi connectivity index (χ1n) is 7.08. The van der Waals surface area contributed by atoms with Gasteiger partial charge >= 0.3 is 5.97 Å². The van der Waals surface area contributed by atoms with Crippen molar-refractivity contribution in [3.63, 3.8) is 0 Å². The predicted octanol–water partition coefficient (Wildman–Crippen LogP) is 1.61. The summed E-state index contributed by atoms with van der Waals surface area (Å²) in [6.07, 6.45) is 3.86. The summed E-state index contributed by atoms with van der Waals surface area (Å²) in [5, 5.41) is 9.41. The molecule has 19 heavy (non-hydrogen) atoms. The van der Waals surface area contributed by atoms with Crippen LogP contribution in [0.25, 0.3) is 0 Å². The van der Waals surface area contributed by atoms with Crippen LogP contribution in [0.1, 0.15) is 32.6 Å². The van der Waals surface area contributed by atoms with Crippen molar-refractivity contribution >= 4 is 5.97 Å². The quantitative estimate of drug-likeness (QED) is 0.728. The molecule has 0 aliphatic heterocycles. The molecule has 0 aromatic rings. The molecule has 0 radical (unpaired) electrons. The van der Waals surface area contributed by atoms with Gasteiger partial charge in [0.1, 0.15) is 0 Å². The van der Waals surface area contributed by atoms with E-state index in [1.807, 2.05) is 0 Å². The first kappa shape index (κ1) is 16.4. The van der Waals surface area contributed by atoms with Gasteiger partial charge in [0.05, 0.1) is 19.1 Å². The lowest BCUT2D eigenvalue weighted by atomic mass is 9.83. The Morgan fingerprint density at radius 2 is 2.00 bits per heavy atom. The van der Waals surface area contributed by atoms with Crippen LogP contribution in [0.2, 0.25) is 0 Å². The van der Waals surface area contributed by atoms with Gasteiger partial charge in [-0.1, -0.05) is 12.8 Å². The molecule has 1 N–H and O–H groups in total. The maximum absolute atomic E-state index is 11.4. The van der Waals surface area contributed by atoms with Gasteiger partial charge in [-0.15, -0.1) is 0 Å². The van der Waals surface area contributed by atoms with E-state index in [0.29, 0.717) is 13.2 Å². The van der Waals surface area contributed by atoms with Gasteiger partial charge in [-0.05, 0) is 19.8 Å². The summed E-state index contributed by atoms with van der Waals surface area (Å²) in [5.74, 6) is -0.929. The fourth-order valence-corrected chi connectivity index (χ4v) is 3.04. The minimum Gasteiger partial charge on any atom is -0.481 e. The van der Waals surface area contributed by atoms with Crippen molar-refractivity contribution in [2.24, 2.45) is 5.92 Å². The molecule has 1 saturated carbocycles. The van der Waals surface area contributed by atoms with E-state index in [2.05, 4.69) is 11.8 Å². The molecule has 112 valence electrons. The van der Waals surface area contributed by atoms with Crippen LogP contribution >= 0.6 is 0 Å². The van der Waals surface area contributed by atoms with E-state index in [1.54, 1.807) is 14.2 Å². The zero-order chi connectivity index (χ0) is 14.3. The number of carboxylic acids is 1. The van der Waals surface area contributed by atoms with E-state index in [-0.39, 0.29) is 18.0 Å². The average Bonchev–Trinajstić information content (AvgIpc) is 2.40. The molecule has 5 nitrogen and oxygen atoms in total. The molecule has 0 heterocycles. The number of nitrogens with zero attached hydrogens (tertiary/aromatic N) is 1. The largest absolute Gasteiger partial charge is 0.481 e. The number of hydrogen-bond donors (Lipinski definition) is 1. The lowest BCUT2D eigenvalue weighted by Crippen LogP contribution is -2.51. The Hall–Kier alpha value is -0.650. The molecule has 1 rings (SSSR count). The molecule has 1 aliphatic carbocycles. The number of carbonyl (C=O) groups is 1. The predicted molar refractivity (Wildman–Crippen MR) is 73.3 cm³/mol. The molecule has 0 amide bonds. The van der Waals surface area contributed by atoms with Gasteiger partial charge in [-0.2, -0.15) is 0 Å². The summed E-state index contributed by atoms with van der Waals surface area (Å²) in [5.41, 5.74) is 0. The van der Waals surface area contributed by atoms with Crippen molar-refractivity contribution in [3.8, 4) is 0 Å². The first-order valence-corrected chi connectivity index (χ1v) is 7.08. The van der Waals surface area contributed by atoms with E-state index in [0.717, 1.165) is 32.2 Å². The van der Waals surface area contributed by atoms with Crippen molar-refractivity contribution in [2.45, 2.75) is 44.7 Å². The Morgan fingerprint density at radius 3 is 2.58 bits per heavy atom. The number of ether oxygens (including phenoxy) is 2. The molecule has 3 atom stereocenters. The van der Waals surface area contributed by atoms with E-state index < -0.39 is 5.97 Å². The Morgan fingerprint density at radius 1 is 1.32 bits per heavy atom. The summed E-state index contributed by atoms with van der Waals surface area (Å²) < 4.78 is 10.4. The minimum absolute atomic E-state index is 0.103. The third-order valence-electron chi connectivity index (χ3n) is 4.00. The standard InChI is InChI=1S/C14H27NO4/c1-11(10-19-3)15(8-9-18-2)13-7-5-4-6-12(13)14(16)17/h11-13H,4-10H2,1-3H3,(H,16,17). The van der Waals surface area contributed by atoms with E-state index >= 15 is 0 Å². The highest BCUT2D eigenvalue weighted by atomic mass is 16.5. The Bertz CT molecular complexity index is 272. The van der Waals surface area contributed by atoms with Crippen LogP contribution in [-0.2, 0) is 14.3 Å². The van der Waals surface area contributed by atoms with Crippen molar-refractivity contribution < 1.29 is 19.4 Å². The van der Waals surface area contributed by atoms with Crippen molar-refractivity contribution in [1.82, 2.24) is 4.90 Å². The zero-order valence-corrected chi connectivity index (χ0v) is 12.3. The maximum atomic E-state index is 11.4. The van der Waals surface area contributed by atoms with Crippen LogP contribution in [0.4, 0.5) is 0 Å². The number of rotatable bonds is 8. The average molecular weight is 273 g/mol. The molecule has 5 heteroatoms. The molecule has 3 unspecified atom stereocenters. The smallest absolute Gasteiger partial charge is 0.308 e. The van der Waals surface area contributed by atoms with Crippen LogP contribution in [-0.4, -0.2) is 62.0 Å². The van der Waals surface area contributed by atoms with E-state index in [4.69, 9.17) is 9.47 Å². The molecule has 1 fully saturated rings. The number of methoxy groups -OCH3 is 2. The van der Waals surface area contributed by atoms with E-state index in [9.17, 15) is 9.90 Å². The molecule has 0 spiro atoms. The SMILES string of the molecule is COCCN(C(C)COC)C1CCCCC1C(=O)O. The van der Waals surface area contributed by atoms with E-state index in [1.165, 1.54) is 0 Å². The highest BCUT2D eigenvalue weighted by molar-refractivity contribution is 5.71. The molecular formula is C14H27NO4. The van der Waals surface area contributed by atoms with Crippen LogP contribution in [0, 0.1) is 5.92 Å². The molecule has 0 aromatic carbocycles. The third kappa shape index (κ3) is 4.75. The second-order valence-electron chi connectivity index (χ2n) is 5.33. The zero-order valence-electron chi connectivity index (χ0n) is 12.3. The van der Waals surface area contributed by atoms with Crippen LogP contribution < -0.4 is 0 Å². The Labute approximate surface area is 115 Å². The van der Waals surface area contributed by atoms with Gasteiger partial charge in [0.15, 0.2) is 0 Å². The summed E-state index contributed by atoms with van der Waals surface area (Å²) in [7, 11) is 3.36. The topological polar surface area (TPSA) is 59.0 Å². The summed E-state index contributed by atoms with van der Waals surface area (Å²) in [6.45, 7) is 4.09. The van der Waals surface area contributed by atoms with Crippen molar-refractivity contribution in [3.05, 3.63) is 0 Å². The van der Waals surface area contributed by atoms with Crippen molar-refractivity contribution in [1.29, 1.82) is 0 Å². The fourth-order valence-electron chi connectivity index (χ4n) is 3.04.